The van der Waals surface area contributed by atoms with Crippen molar-refractivity contribution >= 4 is 17.8 Å². The minimum absolute atomic E-state index is 0.107. The number of guanidine groups is 1. The Morgan fingerprint density at radius 1 is 1.36 bits per heavy atom. The van der Waals surface area contributed by atoms with Gasteiger partial charge in [-0.3, -0.25) is 14.6 Å². The Balaban J connectivity index is 1.54. The molecule has 148 valence electrons. The van der Waals surface area contributed by atoms with Crippen LogP contribution in [0, 0.1) is 0 Å². The van der Waals surface area contributed by atoms with E-state index in [0.29, 0.717) is 31.7 Å². The lowest BCUT2D eigenvalue weighted by molar-refractivity contribution is -0.123. The number of nitrogens with zero attached hydrogens (tertiary/aromatic N) is 4. The summed E-state index contributed by atoms with van der Waals surface area (Å²) < 4.78 is 4.85. The van der Waals surface area contributed by atoms with Gasteiger partial charge >= 0.3 is 0 Å². The minimum Gasteiger partial charge on any atom is -0.364 e. The van der Waals surface area contributed by atoms with E-state index in [0.717, 1.165) is 17.2 Å². The molecule has 1 saturated heterocycles. The van der Waals surface area contributed by atoms with Crippen molar-refractivity contribution in [3.05, 3.63) is 53.4 Å². The maximum absolute atomic E-state index is 12.5. The van der Waals surface area contributed by atoms with Gasteiger partial charge in [0.2, 0.25) is 5.91 Å². The van der Waals surface area contributed by atoms with Crippen molar-refractivity contribution in [2.24, 2.45) is 4.99 Å². The zero-order chi connectivity index (χ0) is 19.9. The summed E-state index contributed by atoms with van der Waals surface area (Å²) in [5.41, 5.74) is 2.41. The Bertz CT molecular complexity index is 832. The van der Waals surface area contributed by atoms with E-state index in [1.165, 1.54) is 0 Å². The molecule has 0 saturated carbocycles. The van der Waals surface area contributed by atoms with Crippen LogP contribution in [0.1, 0.15) is 21.6 Å². The molecule has 1 aliphatic heterocycles. The summed E-state index contributed by atoms with van der Waals surface area (Å²) in [4.78, 5) is 31.7. The van der Waals surface area contributed by atoms with Gasteiger partial charge in [-0.1, -0.05) is 17.3 Å². The summed E-state index contributed by atoms with van der Waals surface area (Å²) >= 11 is 0. The number of amides is 2. The average Bonchev–Trinajstić information content (AvgIpc) is 3.21. The molecule has 0 spiro atoms. The number of nitrogens with one attached hydrogen (secondary N) is 2. The maximum Gasteiger partial charge on any atom is 0.254 e. The SMILES string of the molecule is CN=C(NCc1ccc(C(=O)N2CCNC(=O)C2)cc1)N(C)Cc1ccon1. The van der Waals surface area contributed by atoms with Gasteiger partial charge in [-0.2, -0.15) is 0 Å². The molecular formula is C19H24N6O3. The van der Waals surface area contributed by atoms with Crippen molar-refractivity contribution in [1.29, 1.82) is 0 Å². The fraction of sp³-hybridized carbons (Fsp3) is 0.368. The molecule has 1 aromatic heterocycles. The van der Waals surface area contributed by atoms with Gasteiger partial charge in [0.15, 0.2) is 5.96 Å². The van der Waals surface area contributed by atoms with Gasteiger partial charge in [0.1, 0.15) is 12.0 Å². The van der Waals surface area contributed by atoms with E-state index in [1.807, 2.05) is 30.1 Å². The summed E-state index contributed by atoms with van der Waals surface area (Å²) in [6.07, 6.45) is 1.54. The second kappa shape index (κ2) is 9.03. The van der Waals surface area contributed by atoms with E-state index in [-0.39, 0.29) is 18.4 Å². The van der Waals surface area contributed by atoms with Gasteiger partial charge in [0.25, 0.3) is 5.91 Å². The molecule has 2 amide bonds. The number of benzene rings is 1. The first-order valence-corrected chi connectivity index (χ1v) is 9.03. The number of hydrogen-bond acceptors (Lipinski definition) is 5. The molecule has 1 fully saturated rings. The number of rotatable bonds is 5. The fourth-order valence-electron chi connectivity index (χ4n) is 2.96. The number of carbonyl (C=O) groups is 2. The molecule has 0 unspecified atom stereocenters. The van der Waals surface area contributed by atoms with Crippen LogP contribution in [0.25, 0.3) is 0 Å². The number of aromatic nitrogens is 1. The summed E-state index contributed by atoms with van der Waals surface area (Å²) in [6.45, 7) is 2.27. The van der Waals surface area contributed by atoms with Gasteiger partial charge in [0, 0.05) is 45.4 Å². The molecule has 3 rings (SSSR count). The average molecular weight is 384 g/mol. The van der Waals surface area contributed by atoms with Crippen LogP contribution >= 0.6 is 0 Å². The van der Waals surface area contributed by atoms with E-state index in [1.54, 1.807) is 30.3 Å². The predicted octanol–water partition coefficient (Wildman–Crippen LogP) is 0.454. The van der Waals surface area contributed by atoms with Gasteiger partial charge < -0.3 is 25.0 Å². The monoisotopic (exact) mass is 384 g/mol. The molecule has 2 N–H and O–H groups in total. The maximum atomic E-state index is 12.5. The highest BCUT2D eigenvalue weighted by Gasteiger charge is 2.22. The van der Waals surface area contributed by atoms with Crippen molar-refractivity contribution in [2.75, 3.05) is 33.7 Å². The van der Waals surface area contributed by atoms with Crippen LogP contribution in [0.2, 0.25) is 0 Å². The van der Waals surface area contributed by atoms with E-state index < -0.39 is 0 Å². The highest BCUT2D eigenvalue weighted by atomic mass is 16.5. The molecule has 2 heterocycles. The van der Waals surface area contributed by atoms with Crippen LogP contribution in [0.15, 0.2) is 46.1 Å². The van der Waals surface area contributed by atoms with E-state index >= 15 is 0 Å². The van der Waals surface area contributed by atoms with Crippen molar-refractivity contribution in [1.82, 2.24) is 25.6 Å². The zero-order valence-corrected chi connectivity index (χ0v) is 16.0. The predicted molar refractivity (Wildman–Crippen MR) is 104 cm³/mol. The van der Waals surface area contributed by atoms with Crippen LogP contribution in [-0.4, -0.2) is 66.5 Å². The standard InChI is InChI=1S/C19H24N6O3/c1-20-19(24(2)12-16-7-10-28-23-16)22-11-14-3-5-15(6-4-14)18(27)25-9-8-21-17(26)13-25/h3-7,10H,8-9,11-13H2,1-2H3,(H,20,22)(H,21,26). The normalized spacial score (nSPS) is 14.6. The lowest BCUT2D eigenvalue weighted by Crippen LogP contribution is -2.49. The van der Waals surface area contributed by atoms with Crippen molar-refractivity contribution < 1.29 is 14.1 Å². The molecule has 1 aliphatic rings. The molecule has 28 heavy (non-hydrogen) atoms. The smallest absolute Gasteiger partial charge is 0.254 e. The Labute approximate surface area is 163 Å². The number of carbonyl (C=O) groups excluding carboxylic acids is 2. The van der Waals surface area contributed by atoms with Crippen molar-refractivity contribution in [3.8, 4) is 0 Å². The van der Waals surface area contributed by atoms with E-state index in [2.05, 4.69) is 20.8 Å². The summed E-state index contributed by atoms with van der Waals surface area (Å²) in [6, 6.07) is 9.18. The molecule has 9 heteroatoms. The molecule has 9 nitrogen and oxygen atoms in total. The third-order valence-corrected chi connectivity index (χ3v) is 4.44. The molecule has 0 aliphatic carbocycles. The highest BCUT2D eigenvalue weighted by molar-refractivity contribution is 5.97. The molecule has 2 aromatic rings. The molecule has 0 atom stereocenters. The van der Waals surface area contributed by atoms with Crippen LogP contribution in [0.4, 0.5) is 0 Å². The second-order valence-corrected chi connectivity index (χ2v) is 6.52. The van der Waals surface area contributed by atoms with Crippen LogP contribution in [-0.2, 0) is 17.9 Å². The summed E-state index contributed by atoms with van der Waals surface area (Å²) in [5, 5.41) is 9.90. The molecule has 1 aromatic carbocycles. The Kier molecular flexibility index (Phi) is 6.25. The lowest BCUT2D eigenvalue weighted by atomic mass is 10.1. The highest BCUT2D eigenvalue weighted by Crippen LogP contribution is 2.09. The largest absolute Gasteiger partial charge is 0.364 e. The fourth-order valence-corrected chi connectivity index (χ4v) is 2.96. The third kappa shape index (κ3) is 4.87. The van der Waals surface area contributed by atoms with Crippen molar-refractivity contribution in [3.63, 3.8) is 0 Å². The van der Waals surface area contributed by atoms with E-state index in [9.17, 15) is 9.59 Å². The second-order valence-electron chi connectivity index (χ2n) is 6.52. The van der Waals surface area contributed by atoms with Crippen LogP contribution < -0.4 is 10.6 Å². The first-order valence-electron chi connectivity index (χ1n) is 9.03. The molecule has 0 bridgehead atoms. The Hall–Kier alpha value is -3.36. The summed E-state index contributed by atoms with van der Waals surface area (Å²) in [7, 11) is 3.64. The number of piperazine rings is 1. The van der Waals surface area contributed by atoms with Gasteiger partial charge in [-0.05, 0) is 17.7 Å². The first kappa shape index (κ1) is 19.4. The van der Waals surface area contributed by atoms with Gasteiger partial charge in [0.05, 0.1) is 13.1 Å². The Morgan fingerprint density at radius 2 is 2.14 bits per heavy atom. The summed E-state index contributed by atoms with van der Waals surface area (Å²) in [5.74, 6) is 0.474. The quantitative estimate of drug-likeness (QED) is 0.573. The zero-order valence-electron chi connectivity index (χ0n) is 16.0. The third-order valence-electron chi connectivity index (χ3n) is 4.44. The number of hydrogen-bond donors (Lipinski definition) is 2. The van der Waals surface area contributed by atoms with Gasteiger partial charge in [-0.25, -0.2) is 0 Å². The van der Waals surface area contributed by atoms with Crippen LogP contribution in [0.3, 0.4) is 0 Å². The lowest BCUT2D eigenvalue weighted by Gasteiger charge is -2.26. The number of aliphatic imine (C=N–C) groups is 1. The minimum atomic E-state index is -0.127. The van der Waals surface area contributed by atoms with Gasteiger partial charge in [-0.15, -0.1) is 0 Å². The topological polar surface area (TPSA) is 103 Å². The van der Waals surface area contributed by atoms with E-state index in [4.69, 9.17) is 4.52 Å². The molecule has 0 radical (unpaired) electrons. The first-order chi connectivity index (χ1) is 13.6. The molecular weight excluding hydrogens is 360 g/mol. The van der Waals surface area contributed by atoms with Crippen LogP contribution in [0.5, 0.6) is 0 Å². The Morgan fingerprint density at radius 3 is 2.79 bits per heavy atom. The van der Waals surface area contributed by atoms with Crippen molar-refractivity contribution in [2.45, 2.75) is 13.1 Å².